The van der Waals surface area contributed by atoms with Gasteiger partial charge in [-0.2, -0.15) is 0 Å². The molecular formula is C13H20ClN3O3S. The van der Waals surface area contributed by atoms with Crippen molar-refractivity contribution < 1.29 is 13.2 Å². The summed E-state index contributed by atoms with van der Waals surface area (Å²) < 4.78 is 24.6. The summed E-state index contributed by atoms with van der Waals surface area (Å²) in [4.78, 5) is 12.0. The molecule has 0 heterocycles. The molecule has 1 unspecified atom stereocenters. The Kier molecular flexibility index (Phi) is 6.44. The van der Waals surface area contributed by atoms with Crippen LogP contribution in [0.1, 0.15) is 19.8 Å². The second-order valence-electron chi connectivity index (χ2n) is 4.78. The van der Waals surface area contributed by atoms with Gasteiger partial charge in [-0.05, 0) is 24.6 Å². The van der Waals surface area contributed by atoms with Gasteiger partial charge in [-0.1, -0.05) is 24.9 Å². The number of amides is 1. The Labute approximate surface area is 130 Å². The summed E-state index contributed by atoms with van der Waals surface area (Å²) in [5.41, 5.74) is 6.34. The van der Waals surface area contributed by atoms with Crippen LogP contribution in [0.25, 0.3) is 0 Å². The van der Waals surface area contributed by atoms with Crippen LogP contribution in [0.5, 0.6) is 0 Å². The maximum Gasteiger partial charge on any atom is 0.229 e. The van der Waals surface area contributed by atoms with Crippen LogP contribution in [0.2, 0.25) is 5.02 Å². The number of nitrogens with one attached hydrogen (secondary N) is 2. The van der Waals surface area contributed by atoms with E-state index in [4.69, 9.17) is 17.3 Å². The number of halogens is 1. The average molecular weight is 334 g/mol. The number of hydrogen-bond acceptors (Lipinski definition) is 4. The first-order valence-corrected chi connectivity index (χ1v) is 8.82. The van der Waals surface area contributed by atoms with Crippen molar-refractivity contribution in [1.29, 1.82) is 0 Å². The minimum Gasteiger partial charge on any atom is -0.330 e. The van der Waals surface area contributed by atoms with Gasteiger partial charge in [-0.3, -0.25) is 9.52 Å². The highest BCUT2D eigenvalue weighted by atomic mass is 35.5. The Hall–Kier alpha value is -1.31. The van der Waals surface area contributed by atoms with Gasteiger partial charge in [-0.15, -0.1) is 0 Å². The molecular weight excluding hydrogens is 314 g/mol. The first-order chi connectivity index (χ1) is 9.76. The van der Waals surface area contributed by atoms with E-state index >= 15 is 0 Å². The summed E-state index contributed by atoms with van der Waals surface area (Å²) in [7, 11) is -3.40. The normalized spacial score (nSPS) is 12.8. The largest absolute Gasteiger partial charge is 0.330 e. The van der Waals surface area contributed by atoms with Crippen molar-refractivity contribution in [3.05, 3.63) is 23.2 Å². The number of benzene rings is 1. The van der Waals surface area contributed by atoms with E-state index in [1.54, 1.807) is 6.07 Å². The van der Waals surface area contributed by atoms with Gasteiger partial charge in [0.05, 0.1) is 22.9 Å². The molecule has 1 atom stereocenters. The SMILES string of the molecule is CCCC(CN)C(=O)Nc1ccc(NS(C)(=O)=O)c(Cl)c1. The lowest BCUT2D eigenvalue weighted by Gasteiger charge is -2.15. The highest BCUT2D eigenvalue weighted by Gasteiger charge is 2.16. The fourth-order valence-electron chi connectivity index (χ4n) is 1.82. The third-order valence-corrected chi connectivity index (χ3v) is 3.73. The van der Waals surface area contributed by atoms with Crippen molar-refractivity contribution in [2.24, 2.45) is 11.7 Å². The topological polar surface area (TPSA) is 101 Å². The van der Waals surface area contributed by atoms with Crippen molar-refractivity contribution in [3.63, 3.8) is 0 Å². The Balaban J connectivity index is 2.82. The van der Waals surface area contributed by atoms with Gasteiger partial charge < -0.3 is 11.1 Å². The quantitative estimate of drug-likeness (QED) is 0.710. The van der Waals surface area contributed by atoms with E-state index in [-0.39, 0.29) is 29.1 Å². The van der Waals surface area contributed by atoms with Crippen LogP contribution in [-0.2, 0) is 14.8 Å². The number of sulfonamides is 1. The molecule has 0 aliphatic heterocycles. The molecule has 1 amide bonds. The number of carbonyl (C=O) groups is 1. The molecule has 0 aliphatic carbocycles. The lowest BCUT2D eigenvalue weighted by atomic mass is 10.0. The van der Waals surface area contributed by atoms with Crippen molar-refractivity contribution >= 4 is 38.9 Å². The van der Waals surface area contributed by atoms with Crippen LogP contribution in [0.3, 0.4) is 0 Å². The van der Waals surface area contributed by atoms with E-state index in [2.05, 4.69) is 10.0 Å². The fraction of sp³-hybridized carbons (Fsp3) is 0.462. The van der Waals surface area contributed by atoms with Crippen molar-refractivity contribution in [2.45, 2.75) is 19.8 Å². The molecule has 1 aromatic carbocycles. The van der Waals surface area contributed by atoms with Crippen molar-refractivity contribution in [3.8, 4) is 0 Å². The summed E-state index contributed by atoms with van der Waals surface area (Å²) in [5.74, 6) is -0.415. The van der Waals surface area contributed by atoms with Crippen LogP contribution in [0.15, 0.2) is 18.2 Å². The molecule has 0 radical (unpaired) electrons. The first kappa shape index (κ1) is 17.7. The number of rotatable bonds is 7. The molecule has 0 aromatic heterocycles. The molecule has 0 fully saturated rings. The monoisotopic (exact) mass is 333 g/mol. The van der Waals surface area contributed by atoms with Gasteiger partial charge in [0.25, 0.3) is 0 Å². The van der Waals surface area contributed by atoms with Gasteiger partial charge in [0, 0.05) is 12.2 Å². The van der Waals surface area contributed by atoms with E-state index < -0.39 is 10.0 Å². The highest BCUT2D eigenvalue weighted by molar-refractivity contribution is 7.92. The summed E-state index contributed by atoms with van der Waals surface area (Å²) in [6.45, 7) is 2.26. The zero-order valence-corrected chi connectivity index (χ0v) is 13.6. The van der Waals surface area contributed by atoms with Gasteiger partial charge in [0.15, 0.2) is 0 Å². The van der Waals surface area contributed by atoms with Crippen molar-refractivity contribution in [2.75, 3.05) is 22.8 Å². The van der Waals surface area contributed by atoms with Crippen LogP contribution < -0.4 is 15.8 Å². The minimum atomic E-state index is -3.40. The maximum atomic E-state index is 12.0. The minimum absolute atomic E-state index is 0.167. The van der Waals surface area contributed by atoms with E-state index in [1.165, 1.54) is 12.1 Å². The average Bonchev–Trinajstić information content (AvgIpc) is 2.37. The third kappa shape index (κ3) is 5.91. The number of carbonyl (C=O) groups excluding carboxylic acids is 1. The van der Waals surface area contributed by atoms with E-state index in [0.717, 1.165) is 12.7 Å². The molecule has 0 saturated heterocycles. The van der Waals surface area contributed by atoms with E-state index in [9.17, 15) is 13.2 Å². The van der Waals surface area contributed by atoms with Gasteiger partial charge in [-0.25, -0.2) is 8.42 Å². The Bertz CT molecular complexity index is 605. The predicted octanol–water partition coefficient (Wildman–Crippen LogP) is 2.03. The molecule has 1 aromatic rings. The molecule has 4 N–H and O–H groups in total. The van der Waals surface area contributed by atoms with Crippen LogP contribution >= 0.6 is 11.6 Å². The molecule has 118 valence electrons. The number of hydrogen-bond donors (Lipinski definition) is 3. The second-order valence-corrected chi connectivity index (χ2v) is 6.94. The van der Waals surface area contributed by atoms with Crippen LogP contribution in [0, 0.1) is 5.92 Å². The highest BCUT2D eigenvalue weighted by Crippen LogP contribution is 2.26. The fourth-order valence-corrected chi connectivity index (χ4v) is 2.69. The molecule has 8 heteroatoms. The van der Waals surface area contributed by atoms with Crippen LogP contribution in [0.4, 0.5) is 11.4 Å². The lowest BCUT2D eigenvalue weighted by Crippen LogP contribution is -2.29. The number of anilines is 2. The molecule has 1 rings (SSSR count). The maximum absolute atomic E-state index is 12.0. The standard InChI is InChI=1S/C13H20ClN3O3S/c1-3-4-9(8-15)13(18)16-10-5-6-12(11(14)7-10)17-21(2,19)20/h5-7,9,17H,3-4,8,15H2,1-2H3,(H,16,18). The Morgan fingerprint density at radius 2 is 2.10 bits per heavy atom. The van der Waals surface area contributed by atoms with E-state index in [1.807, 2.05) is 6.92 Å². The molecule has 0 saturated carbocycles. The molecule has 0 bridgehead atoms. The Morgan fingerprint density at radius 1 is 1.43 bits per heavy atom. The molecule has 6 nitrogen and oxygen atoms in total. The Morgan fingerprint density at radius 3 is 2.57 bits per heavy atom. The predicted molar refractivity (Wildman–Crippen MR) is 86.0 cm³/mol. The van der Waals surface area contributed by atoms with Gasteiger partial charge in [0.2, 0.25) is 15.9 Å². The molecule has 21 heavy (non-hydrogen) atoms. The van der Waals surface area contributed by atoms with Gasteiger partial charge in [0.1, 0.15) is 0 Å². The lowest BCUT2D eigenvalue weighted by molar-refractivity contribution is -0.119. The smallest absolute Gasteiger partial charge is 0.229 e. The summed E-state index contributed by atoms with van der Waals surface area (Å²) in [6.07, 6.45) is 2.62. The molecule has 0 aliphatic rings. The summed E-state index contributed by atoms with van der Waals surface area (Å²) in [6, 6.07) is 4.57. The molecule has 0 spiro atoms. The second kappa shape index (κ2) is 7.63. The third-order valence-electron chi connectivity index (χ3n) is 2.82. The summed E-state index contributed by atoms with van der Waals surface area (Å²) >= 11 is 5.99. The van der Waals surface area contributed by atoms with E-state index in [0.29, 0.717) is 12.1 Å². The zero-order chi connectivity index (χ0) is 16.0. The first-order valence-electron chi connectivity index (χ1n) is 6.55. The summed E-state index contributed by atoms with van der Waals surface area (Å²) in [5, 5.41) is 2.93. The number of nitrogens with two attached hydrogens (primary N) is 1. The van der Waals surface area contributed by atoms with Crippen molar-refractivity contribution in [1.82, 2.24) is 0 Å². The van der Waals surface area contributed by atoms with Crippen LogP contribution in [-0.4, -0.2) is 27.1 Å². The van der Waals surface area contributed by atoms with Gasteiger partial charge >= 0.3 is 0 Å². The zero-order valence-electron chi connectivity index (χ0n) is 12.0.